The van der Waals surface area contributed by atoms with Crippen LogP contribution in [0.3, 0.4) is 0 Å². The molecule has 0 radical (unpaired) electrons. The average Bonchev–Trinajstić information content (AvgIpc) is 2.46. The second-order valence-corrected chi connectivity index (χ2v) is 6.02. The maximum atomic E-state index is 11.4. The lowest BCUT2D eigenvalue weighted by atomic mass is 10.2. The minimum Gasteiger partial charge on any atom is -0.466 e. The number of esters is 1. The van der Waals surface area contributed by atoms with Crippen molar-refractivity contribution < 1.29 is 9.53 Å². The lowest BCUT2D eigenvalue weighted by Crippen LogP contribution is -2.33. The third-order valence-corrected chi connectivity index (χ3v) is 4.29. The molecule has 1 aliphatic heterocycles. The Labute approximate surface area is 128 Å². The van der Waals surface area contributed by atoms with Crippen LogP contribution in [0.15, 0.2) is 36.4 Å². The molecular weight excluding hydrogens is 290 g/mol. The number of hydrogen-bond donors (Lipinski definition) is 1. The number of hydrogen-bond acceptors (Lipinski definition) is 4. The molecule has 0 amide bonds. The molecule has 3 nitrogen and oxygen atoms in total. The molecule has 0 spiro atoms. The molecule has 1 atom stereocenters. The molecule has 1 heterocycles. The second-order valence-electron chi connectivity index (χ2n) is 4.33. The summed E-state index contributed by atoms with van der Waals surface area (Å²) in [6.45, 7) is 2.24. The molecule has 0 fully saturated rings. The monoisotopic (exact) mass is 307 g/mol. The summed E-state index contributed by atoms with van der Waals surface area (Å²) in [5.74, 6) is -0.156. The Kier molecular flexibility index (Phi) is 5.61. The molecule has 1 aromatic carbocycles. The fraction of sp³-hybridized carbons (Fsp3) is 0.333. The highest BCUT2D eigenvalue weighted by Crippen LogP contribution is 2.34. The van der Waals surface area contributed by atoms with Crippen LogP contribution in [0.4, 0.5) is 0 Å². The van der Waals surface area contributed by atoms with E-state index >= 15 is 0 Å². The number of rotatable bonds is 5. The van der Waals surface area contributed by atoms with E-state index in [4.69, 9.17) is 17.0 Å². The predicted octanol–water partition coefficient (Wildman–Crippen LogP) is 3.36. The van der Waals surface area contributed by atoms with Gasteiger partial charge in [0.1, 0.15) is 4.99 Å². The van der Waals surface area contributed by atoms with E-state index in [1.54, 1.807) is 11.8 Å². The van der Waals surface area contributed by atoms with Gasteiger partial charge in [0, 0.05) is 11.3 Å². The fourth-order valence-corrected chi connectivity index (χ4v) is 3.50. The van der Waals surface area contributed by atoms with Gasteiger partial charge in [-0.1, -0.05) is 42.5 Å². The Hall–Kier alpha value is -1.33. The molecule has 2 rings (SSSR count). The highest BCUT2D eigenvalue weighted by atomic mass is 32.2. The molecule has 0 aliphatic carbocycles. The standard InChI is InChI=1S/C15H17NO2S2/c1-2-18-15(17)9-8-14-16-13(19)10-12(20-14)11-6-4-3-5-7-11/h3-7,10,14H,2,8-9H2,1H3,(H,16,19). The summed E-state index contributed by atoms with van der Waals surface area (Å²) in [4.78, 5) is 13.3. The molecule has 0 saturated heterocycles. The molecule has 20 heavy (non-hydrogen) atoms. The molecule has 106 valence electrons. The summed E-state index contributed by atoms with van der Waals surface area (Å²) in [5, 5.41) is 3.34. The average molecular weight is 307 g/mol. The first-order valence-electron chi connectivity index (χ1n) is 6.59. The Balaban J connectivity index is 1.97. The van der Waals surface area contributed by atoms with Crippen molar-refractivity contribution in [3.05, 3.63) is 42.0 Å². The quantitative estimate of drug-likeness (QED) is 0.667. The van der Waals surface area contributed by atoms with Crippen molar-refractivity contribution >= 4 is 39.8 Å². The Morgan fingerprint density at radius 3 is 2.85 bits per heavy atom. The normalized spacial score (nSPS) is 18.1. The van der Waals surface area contributed by atoms with E-state index in [0.717, 1.165) is 15.5 Å². The van der Waals surface area contributed by atoms with Crippen LogP contribution in [0.2, 0.25) is 0 Å². The molecule has 0 saturated carbocycles. The Morgan fingerprint density at radius 1 is 1.40 bits per heavy atom. The van der Waals surface area contributed by atoms with Crippen molar-refractivity contribution in [2.75, 3.05) is 6.61 Å². The van der Waals surface area contributed by atoms with Gasteiger partial charge in [0.2, 0.25) is 0 Å². The van der Waals surface area contributed by atoms with Gasteiger partial charge in [-0.3, -0.25) is 4.79 Å². The molecule has 1 N–H and O–H groups in total. The first-order valence-corrected chi connectivity index (χ1v) is 7.87. The third kappa shape index (κ3) is 4.35. The minimum atomic E-state index is -0.156. The van der Waals surface area contributed by atoms with Crippen LogP contribution in [0.5, 0.6) is 0 Å². The van der Waals surface area contributed by atoms with Crippen molar-refractivity contribution in [1.29, 1.82) is 0 Å². The number of ether oxygens (including phenoxy) is 1. The zero-order chi connectivity index (χ0) is 14.4. The van der Waals surface area contributed by atoms with Crippen LogP contribution in [0.1, 0.15) is 25.3 Å². The minimum absolute atomic E-state index is 0.118. The van der Waals surface area contributed by atoms with Crippen LogP contribution >= 0.6 is 24.0 Å². The van der Waals surface area contributed by atoms with Crippen molar-refractivity contribution in [3.63, 3.8) is 0 Å². The van der Waals surface area contributed by atoms with Gasteiger partial charge in [-0.15, -0.1) is 11.8 Å². The van der Waals surface area contributed by atoms with Crippen LogP contribution < -0.4 is 5.32 Å². The third-order valence-electron chi connectivity index (χ3n) is 2.81. The topological polar surface area (TPSA) is 38.3 Å². The highest BCUT2D eigenvalue weighted by molar-refractivity contribution is 8.09. The fourth-order valence-electron chi connectivity index (χ4n) is 1.90. The Bertz CT molecular complexity index is 514. The van der Waals surface area contributed by atoms with E-state index in [1.165, 1.54) is 0 Å². The maximum absolute atomic E-state index is 11.4. The summed E-state index contributed by atoms with van der Waals surface area (Å²) in [6.07, 6.45) is 3.08. The summed E-state index contributed by atoms with van der Waals surface area (Å²) in [6, 6.07) is 10.1. The second kappa shape index (κ2) is 7.45. The predicted molar refractivity (Wildman–Crippen MR) is 87.4 cm³/mol. The van der Waals surface area contributed by atoms with Gasteiger partial charge in [0.25, 0.3) is 0 Å². The zero-order valence-electron chi connectivity index (χ0n) is 11.3. The summed E-state index contributed by atoms with van der Waals surface area (Å²) < 4.78 is 4.95. The van der Waals surface area contributed by atoms with Crippen molar-refractivity contribution in [1.82, 2.24) is 5.32 Å². The van der Waals surface area contributed by atoms with Gasteiger partial charge in [0.15, 0.2) is 0 Å². The molecule has 0 aromatic heterocycles. The van der Waals surface area contributed by atoms with Crippen molar-refractivity contribution in [2.45, 2.75) is 25.1 Å². The smallest absolute Gasteiger partial charge is 0.305 e. The van der Waals surface area contributed by atoms with Crippen LogP contribution in [0, 0.1) is 0 Å². The largest absolute Gasteiger partial charge is 0.466 e. The number of benzene rings is 1. The highest BCUT2D eigenvalue weighted by Gasteiger charge is 2.20. The van der Waals surface area contributed by atoms with Gasteiger partial charge in [0.05, 0.1) is 12.0 Å². The van der Waals surface area contributed by atoms with Gasteiger partial charge in [-0.05, 0) is 25.0 Å². The van der Waals surface area contributed by atoms with Crippen LogP contribution in [-0.2, 0) is 9.53 Å². The first kappa shape index (κ1) is 15.1. The lowest BCUT2D eigenvalue weighted by Gasteiger charge is -2.25. The van der Waals surface area contributed by atoms with Gasteiger partial charge >= 0.3 is 5.97 Å². The molecule has 1 aliphatic rings. The molecule has 5 heteroatoms. The lowest BCUT2D eigenvalue weighted by molar-refractivity contribution is -0.143. The zero-order valence-corrected chi connectivity index (χ0v) is 12.9. The number of thiocarbonyl (C=S) groups is 1. The van der Waals surface area contributed by atoms with E-state index in [9.17, 15) is 4.79 Å². The van der Waals surface area contributed by atoms with E-state index in [1.807, 2.05) is 31.2 Å². The van der Waals surface area contributed by atoms with Gasteiger partial charge in [-0.25, -0.2) is 0 Å². The number of carbonyl (C=O) groups excluding carboxylic acids is 1. The Morgan fingerprint density at radius 2 is 2.15 bits per heavy atom. The molecule has 0 bridgehead atoms. The SMILES string of the molecule is CCOC(=O)CCC1NC(=S)C=C(c2ccccc2)S1. The number of thioether (sulfide) groups is 1. The number of nitrogens with one attached hydrogen (secondary N) is 1. The molecule has 1 aromatic rings. The summed E-state index contributed by atoms with van der Waals surface area (Å²) in [5.41, 5.74) is 1.16. The summed E-state index contributed by atoms with van der Waals surface area (Å²) in [7, 11) is 0. The summed E-state index contributed by atoms with van der Waals surface area (Å²) >= 11 is 6.98. The molecule has 1 unspecified atom stereocenters. The maximum Gasteiger partial charge on any atom is 0.305 e. The van der Waals surface area contributed by atoms with Crippen molar-refractivity contribution in [3.8, 4) is 0 Å². The van der Waals surface area contributed by atoms with Crippen LogP contribution in [0.25, 0.3) is 4.91 Å². The molecular formula is C15H17NO2S2. The van der Waals surface area contributed by atoms with Gasteiger partial charge in [-0.2, -0.15) is 0 Å². The van der Waals surface area contributed by atoms with E-state index in [0.29, 0.717) is 19.4 Å². The first-order chi connectivity index (χ1) is 9.69. The van der Waals surface area contributed by atoms with E-state index < -0.39 is 0 Å². The number of carbonyl (C=O) groups is 1. The van der Waals surface area contributed by atoms with Crippen LogP contribution in [-0.4, -0.2) is 22.9 Å². The van der Waals surface area contributed by atoms with E-state index in [2.05, 4.69) is 17.4 Å². The van der Waals surface area contributed by atoms with Crippen molar-refractivity contribution in [2.24, 2.45) is 0 Å². The van der Waals surface area contributed by atoms with E-state index in [-0.39, 0.29) is 11.3 Å². The van der Waals surface area contributed by atoms with Gasteiger partial charge < -0.3 is 10.1 Å².